The molecular formula is C12H8BrFN2O2. The standard InChI is InChI=1S/C12H8BrFN2O2/c13-7-5-10(11(12(15)17)16-6-7)18-9-3-1-8(14)2-4-9/h1-6H,(H2,15,17). The monoisotopic (exact) mass is 310 g/mol. The van der Waals surface area contributed by atoms with E-state index >= 15 is 0 Å². The number of primary amides is 1. The molecule has 0 atom stereocenters. The summed E-state index contributed by atoms with van der Waals surface area (Å²) in [6, 6.07) is 6.97. The highest BCUT2D eigenvalue weighted by atomic mass is 79.9. The fourth-order valence-electron chi connectivity index (χ4n) is 1.31. The summed E-state index contributed by atoms with van der Waals surface area (Å²) in [7, 11) is 0. The summed E-state index contributed by atoms with van der Waals surface area (Å²) < 4.78 is 18.8. The van der Waals surface area contributed by atoms with Gasteiger partial charge in [-0.05, 0) is 46.3 Å². The number of ether oxygens (including phenoxy) is 1. The molecule has 2 rings (SSSR count). The predicted molar refractivity (Wildman–Crippen MR) is 66.9 cm³/mol. The Hall–Kier alpha value is -1.95. The third kappa shape index (κ3) is 2.84. The van der Waals surface area contributed by atoms with Gasteiger partial charge >= 0.3 is 0 Å². The molecule has 0 saturated carbocycles. The molecule has 0 aliphatic heterocycles. The van der Waals surface area contributed by atoms with E-state index in [1.165, 1.54) is 30.5 Å². The van der Waals surface area contributed by atoms with E-state index in [2.05, 4.69) is 20.9 Å². The average molecular weight is 311 g/mol. The van der Waals surface area contributed by atoms with E-state index in [4.69, 9.17) is 10.5 Å². The van der Waals surface area contributed by atoms with Crippen molar-refractivity contribution in [3.8, 4) is 11.5 Å². The molecule has 0 saturated heterocycles. The quantitative estimate of drug-likeness (QED) is 0.948. The van der Waals surface area contributed by atoms with Gasteiger partial charge in [0.05, 0.1) is 0 Å². The lowest BCUT2D eigenvalue weighted by Gasteiger charge is -2.08. The van der Waals surface area contributed by atoms with Gasteiger partial charge in [0.15, 0.2) is 11.4 Å². The summed E-state index contributed by atoms with van der Waals surface area (Å²) in [5.74, 6) is -0.466. The molecule has 1 heterocycles. The molecule has 0 fully saturated rings. The molecule has 2 N–H and O–H groups in total. The Balaban J connectivity index is 2.35. The Morgan fingerprint density at radius 2 is 2.00 bits per heavy atom. The molecular weight excluding hydrogens is 303 g/mol. The molecule has 1 aromatic heterocycles. The predicted octanol–water partition coefficient (Wildman–Crippen LogP) is 2.87. The number of aromatic nitrogens is 1. The van der Waals surface area contributed by atoms with Crippen LogP contribution in [0, 0.1) is 5.82 Å². The Kier molecular flexibility index (Phi) is 3.57. The van der Waals surface area contributed by atoms with Gasteiger partial charge in [-0.3, -0.25) is 4.79 Å². The zero-order valence-electron chi connectivity index (χ0n) is 9.06. The number of pyridine rings is 1. The minimum atomic E-state index is -0.695. The zero-order chi connectivity index (χ0) is 13.1. The van der Waals surface area contributed by atoms with Crippen molar-refractivity contribution in [1.82, 2.24) is 4.98 Å². The number of nitrogens with two attached hydrogens (primary N) is 1. The Bertz CT molecular complexity index is 587. The lowest BCUT2D eigenvalue weighted by atomic mass is 10.3. The van der Waals surface area contributed by atoms with Crippen LogP contribution in [0.5, 0.6) is 11.5 Å². The van der Waals surface area contributed by atoms with Crippen LogP contribution in [0.1, 0.15) is 10.5 Å². The lowest BCUT2D eigenvalue weighted by Crippen LogP contribution is -2.14. The van der Waals surface area contributed by atoms with E-state index in [0.717, 1.165) is 0 Å². The summed E-state index contributed by atoms with van der Waals surface area (Å²) in [6.07, 6.45) is 1.44. The highest BCUT2D eigenvalue weighted by Crippen LogP contribution is 2.26. The van der Waals surface area contributed by atoms with Crippen LogP contribution in [0.3, 0.4) is 0 Å². The molecule has 0 unspecified atom stereocenters. The minimum absolute atomic E-state index is 0.0162. The summed E-state index contributed by atoms with van der Waals surface area (Å²) in [5.41, 5.74) is 5.20. The van der Waals surface area contributed by atoms with Gasteiger partial charge in [0, 0.05) is 10.7 Å². The molecule has 18 heavy (non-hydrogen) atoms. The number of carbonyl (C=O) groups is 1. The topological polar surface area (TPSA) is 65.2 Å². The van der Waals surface area contributed by atoms with Crippen LogP contribution < -0.4 is 10.5 Å². The van der Waals surface area contributed by atoms with Crippen LogP contribution in [0.2, 0.25) is 0 Å². The van der Waals surface area contributed by atoms with Crippen LogP contribution >= 0.6 is 15.9 Å². The first kappa shape index (κ1) is 12.5. The van der Waals surface area contributed by atoms with E-state index in [0.29, 0.717) is 10.2 Å². The average Bonchev–Trinajstić information content (AvgIpc) is 2.32. The maximum atomic E-state index is 12.7. The van der Waals surface area contributed by atoms with Crippen LogP contribution in [-0.4, -0.2) is 10.9 Å². The van der Waals surface area contributed by atoms with Gasteiger partial charge in [0.1, 0.15) is 11.6 Å². The molecule has 0 spiro atoms. The molecule has 1 amide bonds. The fourth-order valence-corrected chi connectivity index (χ4v) is 1.62. The van der Waals surface area contributed by atoms with E-state index in [1.807, 2.05) is 0 Å². The number of nitrogens with zero attached hydrogens (tertiary/aromatic N) is 1. The Morgan fingerprint density at radius 1 is 1.33 bits per heavy atom. The van der Waals surface area contributed by atoms with Crippen molar-refractivity contribution in [2.75, 3.05) is 0 Å². The number of amides is 1. The van der Waals surface area contributed by atoms with E-state index < -0.39 is 5.91 Å². The van der Waals surface area contributed by atoms with Gasteiger partial charge in [0.2, 0.25) is 0 Å². The van der Waals surface area contributed by atoms with Gasteiger partial charge in [0.25, 0.3) is 5.91 Å². The van der Waals surface area contributed by atoms with Crippen molar-refractivity contribution < 1.29 is 13.9 Å². The summed E-state index contributed by atoms with van der Waals surface area (Å²) in [5, 5.41) is 0. The van der Waals surface area contributed by atoms with Gasteiger partial charge in [-0.1, -0.05) is 0 Å². The van der Waals surface area contributed by atoms with E-state index in [-0.39, 0.29) is 17.3 Å². The van der Waals surface area contributed by atoms with Crippen molar-refractivity contribution in [3.05, 3.63) is 52.5 Å². The lowest BCUT2D eigenvalue weighted by molar-refractivity contribution is 0.0993. The number of hydrogen-bond donors (Lipinski definition) is 1. The van der Waals surface area contributed by atoms with Gasteiger partial charge in [-0.25, -0.2) is 9.37 Å². The fraction of sp³-hybridized carbons (Fsp3) is 0. The van der Waals surface area contributed by atoms with Crippen molar-refractivity contribution in [2.45, 2.75) is 0 Å². The third-order valence-corrected chi connectivity index (χ3v) is 2.53. The molecule has 0 radical (unpaired) electrons. The highest BCUT2D eigenvalue weighted by Gasteiger charge is 2.12. The van der Waals surface area contributed by atoms with E-state index in [1.54, 1.807) is 6.07 Å². The molecule has 0 aliphatic rings. The first-order chi connectivity index (χ1) is 8.56. The minimum Gasteiger partial charge on any atom is -0.455 e. The maximum absolute atomic E-state index is 12.7. The first-order valence-electron chi connectivity index (χ1n) is 4.95. The number of rotatable bonds is 3. The highest BCUT2D eigenvalue weighted by molar-refractivity contribution is 9.10. The first-order valence-corrected chi connectivity index (χ1v) is 5.74. The van der Waals surface area contributed by atoms with Crippen molar-refractivity contribution >= 4 is 21.8 Å². The number of halogens is 2. The molecule has 2 aromatic rings. The molecule has 6 heteroatoms. The van der Waals surface area contributed by atoms with Crippen molar-refractivity contribution in [3.63, 3.8) is 0 Å². The molecule has 4 nitrogen and oxygen atoms in total. The third-order valence-electron chi connectivity index (χ3n) is 2.09. The number of carbonyl (C=O) groups excluding carboxylic acids is 1. The van der Waals surface area contributed by atoms with Gasteiger partial charge in [-0.2, -0.15) is 0 Å². The van der Waals surface area contributed by atoms with Crippen molar-refractivity contribution in [2.24, 2.45) is 5.73 Å². The molecule has 0 bridgehead atoms. The molecule has 0 aliphatic carbocycles. The Morgan fingerprint density at radius 3 is 2.61 bits per heavy atom. The largest absolute Gasteiger partial charge is 0.455 e. The van der Waals surface area contributed by atoms with Gasteiger partial charge in [-0.15, -0.1) is 0 Å². The van der Waals surface area contributed by atoms with Crippen LogP contribution in [0.15, 0.2) is 41.0 Å². The summed E-state index contributed by atoms with van der Waals surface area (Å²) >= 11 is 3.22. The zero-order valence-corrected chi connectivity index (χ0v) is 10.6. The van der Waals surface area contributed by atoms with Crippen LogP contribution in [-0.2, 0) is 0 Å². The second kappa shape index (κ2) is 5.14. The van der Waals surface area contributed by atoms with Crippen molar-refractivity contribution in [1.29, 1.82) is 0 Å². The smallest absolute Gasteiger partial charge is 0.271 e. The van der Waals surface area contributed by atoms with Crippen LogP contribution in [0.25, 0.3) is 0 Å². The van der Waals surface area contributed by atoms with Crippen LogP contribution in [0.4, 0.5) is 4.39 Å². The normalized spacial score (nSPS) is 10.1. The second-order valence-corrected chi connectivity index (χ2v) is 4.34. The van der Waals surface area contributed by atoms with Gasteiger partial charge < -0.3 is 10.5 Å². The number of benzene rings is 1. The maximum Gasteiger partial charge on any atom is 0.271 e. The summed E-state index contributed by atoms with van der Waals surface area (Å²) in [6.45, 7) is 0. The van der Waals surface area contributed by atoms with E-state index in [9.17, 15) is 9.18 Å². The molecule has 92 valence electrons. The summed E-state index contributed by atoms with van der Waals surface area (Å²) in [4.78, 5) is 15.1. The second-order valence-electron chi connectivity index (χ2n) is 3.42. The molecule has 1 aromatic carbocycles. The Labute approximate surface area is 111 Å². The SMILES string of the molecule is NC(=O)c1ncc(Br)cc1Oc1ccc(F)cc1. The number of hydrogen-bond acceptors (Lipinski definition) is 3.